The summed E-state index contributed by atoms with van der Waals surface area (Å²) < 4.78 is 2.00. The number of rotatable bonds is 7. The Balaban J connectivity index is 1.30. The first-order valence-corrected chi connectivity index (χ1v) is 10.5. The van der Waals surface area contributed by atoms with Crippen LogP contribution in [0.3, 0.4) is 0 Å². The highest BCUT2D eigenvalue weighted by Crippen LogP contribution is 2.31. The molecule has 1 aromatic heterocycles. The fourth-order valence-electron chi connectivity index (χ4n) is 4.30. The van der Waals surface area contributed by atoms with Crippen LogP contribution in [-0.4, -0.2) is 40.4 Å². The van der Waals surface area contributed by atoms with E-state index in [1.807, 2.05) is 10.7 Å². The Labute approximate surface area is 167 Å². The van der Waals surface area contributed by atoms with E-state index in [0.29, 0.717) is 0 Å². The molecular formula is C24H28N4. The minimum atomic E-state index is 0.782. The summed E-state index contributed by atoms with van der Waals surface area (Å²) in [7, 11) is 0. The first kappa shape index (κ1) is 17.7. The number of hydrogen-bond donors (Lipinski definition) is 1. The number of nitrogens with zero attached hydrogens (tertiary/aromatic N) is 3. The van der Waals surface area contributed by atoms with E-state index < -0.39 is 0 Å². The summed E-state index contributed by atoms with van der Waals surface area (Å²) in [5.41, 5.74) is 4.60. The molecule has 1 unspecified atom stereocenters. The molecule has 0 radical (unpaired) electrons. The Morgan fingerprint density at radius 1 is 0.929 bits per heavy atom. The normalized spacial score (nSPS) is 19.9. The quantitative estimate of drug-likeness (QED) is 0.677. The highest BCUT2D eigenvalue weighted by atomic mass is 15.3. The predicted octanol–water partition coefficient (Wildman–Crippen LogP) is 4.11. The standard InChI is InChI=1S/C24H28N4/c1-3-7-20(8-4-1)24-21(18-28(26-24)23-9-5-2-6-10-23)16-25-15-19-13-14-27(17-19)22-11-12-22/h1-10,18-19,22,25H,11-17H2. The van der Waals surface area contributed by atoms with Gasteiger partial charge in [0.05, 0.1) is 11.4 Å². The van der Waals surface area contributed by atoms with Gasteiger partial charge in [-0.3, -0.25) is 0 Å². The summed E-state index contributed by atoms with van der Waals surface area (Å²) in [5, 5.41) is 8.63. The maximum atomic E-state index is 4.91. The fourth-order valence-corrected chi connectivity index (χ4v) is 4.30. The van der Waals surface area contributed by atoms with Crippen molar-refractivity contribution >= 4 is 0 Å². The van der Waals surface area contributed by atoms with Crippen molar-refractivity contribution < 1.29 is 0 Å². The second kappa shape index (κ2) is 7.90. The minimum Gasteiger partial charge on any atom is -0.312 e. The van der Waals surface area contributed by atoms with E-state index in [-0.39, 0.29) is 0 Å². The maximum Gasteiger partial charge on any atom is 0.0972 e. The van der Waals surface area contributed by atoms with Crippen LogP contribution in [0.1, 0.15) is 24.8 Å². The van der Waals surface area contributed by atoms with Crippen molar-refractivity contribution in [2.24, 2.45) is 5.92 Å². The molecule has 0 bridgehead atoms. The summed E-state index contributed by atoms with van der Waals surface area (Å²) in [6.07, 6.45) is 6.34. The lowest BCUT2D eigenvalue weighted by molar-refractivity contribution is 0.312. The maximum absolute atomic E-state index is 4.91. The molecule has 2 aliphatic rings. The third-order valence-electron chi connectivity index (χ3n) is 5.99. The molecule has 1 aliphatic heterocycles. The van der Waals surface area contributed by atoms with Gasteiger partial charge in [-0.25, -0.2) is 4.68 Å². The summed E-state index contributed by atoms with van der Waals surface area (Å²) in [4.78, 5) is 2.69. The van der Waals surface area contributed by atoms with Crippen LogP contribution in [-0.2, 0) is 6.54 Å². The van der Waals surface area contributed by atoms with Crippen LogP contribution in [0.15, 0.2) is 66.9 Å². The van der Waals surface area contributed by atoms with E-state index in [1.165, 1.54) is 43.5 Å². The molecular weight excluding hydrogens is 344 g/mol. The minimum absolute atomic E-state index is 0.782. The average Bonchev–Trinajstić information content (AvgIpc) is 3.34. The summed E-state index contributed by atoms with van der Waals surface area (Å²) in [5.74, 6) is 0.782. The van der Waals surface area contributed by atoms with Crippen LogP contribution >= 0.6 is 0 Å². The zero-order chi connectivity index (χ0) is 18.8. The Morgan fingerprint density at radius 2 is 1.68 bits per heavy atom. The van der Waals surface area contributed by atoms with Crippen molar-refractivity contribution in [1.82, 2.24) is 20.0 Å². The number of hydrogen-bond acceptors (Lipinski definition) is 3. The molecule has 2 fully saturated rings. The molecule has 2 aromatic carbocycles. The van der Waals surface area contributed by atoms with Crippen LogP contribution in [0.5, 0.6) is 0 Å². The lowest BCUT2D eigenvalue weighted by atomic mass is 10.1. The summed E-state index contributed by atoms with van der Waals surface area (Å²) in [6.45, 7) is 4.51. The van der Waals surface area contributed by atoms with Gasteiger partial charge in [0.15, 0.2) is 0 Å². The Hall–Kier alpha value is -2.43. The second-order valence-electron chi connectivity index (χ2n) is 8.16. The van der Waals surface area contributed by atoms with Crippen molar-refractivity contribution in [3.63, 3.8) is 0 Å². The molecule has 1 atom stereocenters. The first-order chi connectivity index (χ1) is 13.9. The van der Waals surface area contributed by atoms with Gasteiger partial charge in [-0.2, -0.15) is 5.10 Å². The fraction of sp³-hybridized carbons (Fsp3) is 0.375. The molecule has 1 saturated carbocycles. The van der Waals surface area contributed by atoms with Crippen LogP contribution in [0, 0.1) is 5.92 Å². The van der Waals surface area contributed by atoms with E-state index in [0.717, 1.165) is 36.4 Å². The third kappa shape index (κ3) is 3.89. The van der Waals surface area contributed by atoms with E-state index in [9.17, 15) is 0 Å². The molecule has 1 aliphatic carbocycles. The zero-order valence-electron chi connectivity index (χ0n) is 16.3. The van der Waals surface area contributed by atoms with Crippen LogP contribution in [0.4, 0.5) is 0 Å². The topological polar surface area (TPSA) is 33.1 Å². The third-order valence-corrected chi connectivity index (χ3v) is 5.99. The van der Waals surface area contributed by atoms with Crippen LogP contribution < -0.4 is 5.32 Å². The molecule has 144 valence electrons. The van der Waals surface area contributed by atoms with Crippen molar-refractivity contribution in [3.8, 4) is 16.9 Å². The van der Waals surface area contributed by atoms with E-state index in [2.05, 4.69) is 71.0 Å². The van der Waals surface area contributed by atoms with Gasteiger partial charge in [0.1, 0.15) is 0 Å². The predicted molar refractivity (Wildman–Crippen MR) is 113 cm³/mol. The Kier molecular flexibility index (Phi) is 4.98. The average molecular weight is 373 g/mol. The second-order valence-corrected chi connectivity index (χ2v) is 8.16. The molecule has 2 heterocycles. The van der Waals surface area contributed by atoms with Crippen molar-refractivity contribution in [1.29, 1.82) is 0 Å². The molecule has 4 heteroatoms. The summed E-state index contributed by atoms with van der Waals surface area (Å²) in [6, 6.07) is 21.8. The van der Waals surface area contributed by atoms with Gasteiger partial charge in [-0.1, -0.05) is 48.5 Å². The van der Waals surface area contributed by atoms with Gasteiger partial charge in [0.2, 0.25) is 0 Å². The molecule has 0 spiro atoms. The number of benzene rings is 2. The van der Waals surface area contributed by atoms with Gasteiger partial charge >= 0.3 is 0 Å². The molecule has 28 heavy (non-hydrogen) atoms. The van der Waals surface area contributed by atoms with Crippen molar-refractivity contribution in [2.45, 2.75) is 31.8 Å². The van der Waals surface area contributed by atoms with Crippen molar-refractivity contribution in [2.75, 3.05) is 19.6 Å². The molecule has 1 saturated heterocycles. The molecule has 5 rings (SSSR count). The van der Waals surface area contributed by atoms with Gasteiger partial charge in [0, 0.05) is 36.5 Å². The molecule has 3 aromatic rings. The zero-order valence-corrected chi connectivity index (χ0v) is 16.3. The van der Waals surface area contributed by atoms with Crippen LogP contribution in [0.2, 0.25) is 0 Å². The molecule has 1 N–H and O–H groups in total. The van der Waals surface area contributed by atoms with Gasteiger partial charge in [0.25, 0.3) is 0 Å². The SMILES string of the molecule is c1ccc(-c2nn(-c3ccccc3)cc2CNCC2CCN(C3CC3)C2)cc1. The Morgan fingerprint density at radius 3 is 2.43 bits per heavy atom. The molecule has 4 nitrogen and oxygen atoms in total. The van der Waals surface area contributed by atoms with Gasteiger partial charge in [-0.05, 0) is 50.4 Å². The van der Waals surface area contributed by atoms with Gasteiger partial charge < -0.3 is 10.2 Å². The number of nitrogens with one attached hydrogen (secondary N) is 1. The van der Waals surface area contributed by atoms with Crippen LogP contribution in [0.25, 0.3) is 16.9 Å². The first-order valence-electron chi connectivity index (χ1n) is 10.5. The number of likely N-dealkylation sites (tertiary alicyclic amines) is 1. The highest BCUT2D eigenvalue weighted by molar-refractivity contribution is 5.63. The number of aromatic nitrogens is 2. The van der Waals surface area contributed by atoms with E-state index >= 15 is 0 Å². The van der Waals surface area contributed by atoms with E-state index in [4.69, 9.17) is 5.10 Å². The van der Waals surface area contributed by atoms with E-state index in [1.54, 1.807) is 0 Å². The lowest BCUT2D eigenvalue weighted by Gasteiger charge is -2.15. The lowest BCUT2D eigenvalue weighted by Crippen LogP contribution is -2.27. The number of para-hydroxylation sites is 1. The van der Waals surface area contributed by atoms with Gasteiger partial charge in [-0.15, -0.1) is 0 Å². The Bertz CT molecular complexity index is 899. The van der Waals surface area contributed by atoms with Crippen molar-refractivity contribution in [3.05, 3.63) is 72.4 Å². The molecule has 0 amide bonds. The summed E-state index contributed by atoms with van der Waals surface area (Å²) >= 11 is 0. The largest absolute Gasteiger partial charge is 0.312 e. The highest BCUT2D eigenvalue weighted by Gasteiger charge is 2.34. The monoisotopic (exact) mass is 372 g/mol. The smallest absolute Gasteiger partial charge is 0.0972 e.